The van der Waals surface area contributed by atoms with Gasteiger partial charge >= 0.3 is 0 Å². The first-order chi connectivity index (χ1) is 14.7. The molecular formula is C24H23N3O2. The van der Waals surface area contributed by atoms with Gasteiger partial charge < -0.3 is 9.30 Å². The summed E-state index contributed by atoms with van der Waals surface area (Å²) in [5, 5.41) is 2.03. The van der Waals surface area contributed by atoms with Crippen LogP contribution in [0.15, 0.2) is 60.9 Å². The van der Waals surface area contributed by atoms with Gasteiger partial charge in [0, 0.05) is 35.5 Å². The Balaban J connectivity index is 1.55. The van der Waals surface area contributed by atoms with E-state index in [2.05, 4.69) is 16.0 Å². The highest BCUT2D eigenvalue weighted by Gasteiger charge is 2.11. The van der Waals surface area contributed by atoms with Crippen molar-refractivity contribution in [1.82, 2.24) is 14.5 Å². The van der Waals surface area contributed by atoms with Crippen LogP contribution < -0.4 is 4.74 Å². The number of aromatic nitrogens is 3. The van der Waals surface area contributed by atoms with Crippen LogP contribution in [0.5, 0.6) is 5.75 Å². The van der Waals surface area contributed by atoms with Crippen LogP contribution in [0.1, 0.15) is 31.5 Å². The number of nitrogens with zero attached hydrogens (tertiary/aromatic N) is 3. The Bertz CT molecular complexity index is 1260. The maximum Gasteiger partial charge on any atom is 0.168 e. The Morgan fingerprint density at radius 3 is 2.55 bits per heavy atom. The van der Waals surface area contributed by atoms with Crippen LogP contribution in [0.2, 0.25) is 0 Å². The van der Waals surface area contributed by atoms with Gasteiger partial charge in [-0.05, 0) is 55.6 Å². The molecule has 0 fully saturated rings. The number of rotatable bonds is 6. The van der Waals surface area contributed by atoms with Gasteiger partial charge in [0.15, 0.2) is 5.78 Å². The summed E-state index contributed by atoms with van der Waals surface area (Å²) in [5.41, 5.74) is 3.32. The molecule has 2 aromatic carbocycles. The maximum absolute atomic E-state index is 12.7. The molecule has 0 N–H and O–H groups in total. The van der Waals surface area contributed by atoms with Crippen molar-refractivity contribution in [3.63, 3.8) is 0 Å². The van der Waals surface area contributed by atoms with E-state index < -0.39 is 6.56 Å². The van der Waals surface area contributed by atoms with Crippen molar-refractivity contribution >= 4 is 16.6 Å². The quantitative estimate of drug-likeness (QED) is 0.447. The number of fused-ring (bicyclic) bond motifs is 1. The molecule has 0 atom stereocenters. The van der Waals surface area contributed by atoms with Crippen LogP contribution in [-0.2, 0) is 13.5 Å². The van der Waals surface area contributed by atoms with E-state index in [4.69, 9.17) is 7.48 Å². The molecule has 2 heterocycles. The van der Waals surface area contributed by atoms with Gasteiger partial charge in [0.25, 0.3) is 0 Å². The molecule has 0 unspecified atom stereocenters. The van der Waals surface area contributed by atoms with Crippen LogP contribution in [-0.4, -0.2) is 26.9 Å². The number of hydrogen-bond acceptors (Lipinski definition) is 4. The number of carbonyl (C=O) groups is 1. The molecule has 0 amide bonds. The largest absolute Gasteiger partial charge is 0.494 e. The molecule has 4 aromatic rings. The van der Waals surface area contributed by atoms with E-state index in [9.17, 15) is 4.79 Å². The topological polar surface area (TPSA) is 57.0 Å². The molecule has 5 nitrogen and oxygen atoms in total. The van der Waals surface area contributed by atoms with Gasteiger partial charge in [0.2, 0.25) is 0 Å². The minimum absolute atomic E-state index is 0.0590. The highest BCUT2D eigenvalue weighted by molar-refractivity contribution is 5.98. The van der Waals surface area contributed by atoms with Gasteiger partial charge in [-0.25, -0.2) is 4.98 Å². The molecule has 0 saturated carbocycles. The standard InChI is InChI=1S/C24H23N3O2/c1-4-29-22-9-7-17(8-10-22)24(28)13-21-12-20-11-18(5-6-19(20)14-26-21)23-15-25-16(2)27(23)3/h5-12,14-15H,4,13H2,1-3H3/i4D2. The number of aryl methyl sites for hydroxylation is 1. The zero-order chi connectivity index (χ0) is 22.2. The first-order valence-corrected chi connectivity index (χ1v) is 9.39. The first kappa shape index (κ1) is 16.5. The molecule has 4 rings (SSSR count). The average Bonchev–Trinajstić information content (AvgIpc) is 3.05. The summed E-state index contributed by atoms with van der Waals surface area (Å²) in [6, 6.07) is 14.6. The summed E-state index contributed by atoms with van der Waals surface area (Å²) in [7, 11) is 1.99. The van der Waals surface area contributed by atoms with Crippen molar-refractivity contribution in [3.05, 3.63) is 78.0 Å². The van der Waals surface area contributed by atoms with E-state index in [-0.39, 0.29) is 12.2 Å². The molecule has 29 heavy (non-hydrogen) atoms. The Morgan fingerprint density at radius 2 is 1.86 bits per heavy atom. The number of Topliss-reactive ketones (excluding diaryl/α,β-unsaturated/α-hetero) is 1. The molecule has 0 spiro atoms. The van der Waals surface area contributed by atoms with Crippen LogP contribution in [0.3, 0.4) is 0 Å². The lowest BCUT2D eigenvalue weighted by atomic mass is 10.0. The molecular weight excluding hydrogens is 362 g/mol. The SMILES string of the molecule is [2H]C([2H])(C)Oc1ccc(C(=O)Cc2cc3cc(-c4cnc(C)n4C)ccc3cn2)cc1. The molecule has 0 aliphatic heterocycles. The van der Waals surface area contributed by atoms with E-state index in [1.807, 2.05) is 42.9 Å². The van der Waals surface area contributed by atoms with Crippen LogP contribution in [0, 0.1) is 6.92 Å². The number of carbonyl (C=O) groups excluding carboxylic acids is 1. The van der Waals surface area contributed by atoms with Crippen molar-refractivity contribution < 1.29 is 12.3 Å². The first-order valence-electron chi connectivity index (χ1n) is 10.4. The lowest BCUT2D eigenvalue weighted by Crippen LogP contribution is -2.05. The predicted molar refractivity (Wildman–Crippen MR) is 114 cm³/mol. The van der Waals surface area contributed by atoms with Crippen molar-refractivity contribution in [1.29, 1.82) is 0 Å². The zero-order valence-electron chi connectivity index (χ0n) is 18.6. The number of ketones is 1. The van der Waals surface area contributed by atoms with Crippen molar-refractivity contribution in [2.24, 2.45) is 7.05 Å². The van der Waals surface area contributed by atoms with Gasteiger partial charge in [-0.2, -0.15) is 0 Å². The van der Waals surface area contributed by atoms with E-state index in [0.717, 1.165) is 27.9 Å². The van der Waals surface area contributed by atoms with Gasteiger partial charge in [-0.15, -0.1) is 0 Å². The molecule has 0 aliphatic carbocycles. The molecule has 0 aliphatic rings. The van der Waals surface area contributed by atoms with Gasteiger partial charge in [0.05, 0.1) is 27.6 Å². The third kappa shape index (κ3) is 3.90. The number of hydrogen-bond donors (Lipinski definition) is 0. The Kier molecular flexibility index (Phi) is 4.48. The molecule has 2 aromatic heterocycles. The van der Waals surface area contributed by atoms with Crippen molar-refractivity contribution in [2.45, 2.75) is 20.3 Å². The highest BCUT2D eigenvalue weighted by Crippen LogP contribution is 2.25. The second kappa shape index (κ2) is 7.87. The smallest absolute Gasteiger partial charge is 0.168 e. The minimum Gasteiger partial charge on any atom is -0.494 e. The lowest BCUT2D eigenvalue weighted by Gasteiger charge is -2.08. The fraction of sp³-hybridized carbons (Fsp3) is 0.208. The summed E-state index contributed by atoms with van der Waals surface area (Å²) in [4.78, 5) is 21.5. The highest BCUT2D eigenvalue weighted by atomic mass is 16.5. The van der Waals surface area contributed by atoms with E-state index in [0.29, 0.717) is 17.0 Å². The zero-order valence-corrected chi connectivity index (χ0v) is 16.6. The number of ether oxygens (including phenoxy) is 1. The summed E-state index contributed by atoms with van der Waals surface area (Å²) in [6.07, 6.45) is 3.83. The van der Waals surface area contributed by atoms with Crippen molar-refractivity contribution in [2.75, 3.05) is 6.56 Å². The fourth-order valence-electron chi connectivity index (χ4n) is 3.31. The fourth-order valence-corrected chi connectivity index (χ4v) is 3.31. The predicted octanol–water partition coefficient (Wildman–Crippen LogP) is 4.77. The van der Waals surface area contributed by atoms with Gasteiger partial charge in [-0.3, -0.25) is 9.78 Å². The third-order valence-electron chi connectivity index (χ3n) is 5.03. The number of imidazole rings is 1. The maximum atomic E-state index is 12.7. The van der Waals surface area contributed by atoms with E-state index in [1.54, 1.807) is 30.5 Å². The Morgan fingerprint density at radius 1 is 1.07 bits per heavy atom. The van der Waals surface area contributed by atoms with E-state index in [1.165, 1.54) is 6.92 Å². The molecule has 5 heteroatoms. The summed E-state index contributed by atoms with van der Waals surface area (Å²) < 4.78 is 22.1. The van der Waals surface area contributed by atoms with E-state index >= 15 is 0 Å². The van der Waals surface area contributed by atoms with Crippen molar-refractivity contribution in [3.8, 4) is 17.0 Å². The second-order valence-electron chi connectivity index (χ2n) is 6.92. The molecule has 0 radical (unpaired) electrons. The normalized spacial score (nSPS) is 12.5. The minimum atomic E-state index is -1.77. The average molecular weight is 387 g/mol. The molecule has 0 bridgehead atoms. The monoisotopic (exact) mass is 387 g/mol. The van der Waals surface area contributed by atoms with Crippen LogP contribution in [0.4, 0.5) is 0 Å². The summed E-state index contributed by atoms with van der Waals surface area (Å²) >= 11 is 0. The number of pyridine rings is 1. The van der Waals surface area contributed by atoms with Gasteiger partial charge in [-0.1, -0.05) is 12.1 Å². The molecule has 0 saturated heterocycles. The Hall–Kier alpha value is -3.47. The lowest BCUT2D eigenvalue weighted by molar-refractivity contribution is 0.0992. The Labute approximate surface area is 172 Å². The van der Waals surface area contributed by atoms with Crippen LogP contribution >= 0.6 is 0 Å². The number of benzene rings is 2. The summed E-state index contributed by atoms with van der Waals surface area (Å²) in [6.45, 7) is 1.53. The summed E-state index contributed by atoms with van der Waals surface area (Å²) in [5.74, 6) is 1.27. The third-order valence-corrected chi connectivity index (χ3v) is 5.03. The second-order valence-corrected chi connectivity index (χ2v) is 6.92. The molecule has 146 valence electrons. The van der Waals surface area contributed by atoms with Gasteiger partial charge in [0.1, 0.15) is 11.6 Å². The van der Waals surface area contributed by atoms with Crippen LogP contribution in [0.25, 0.3) is 22.0 Å².